The highest BCUT2D eigenvalue weighted by Crippen LogP contribution is 2.10. The Labute approximate surface area is 106 Å². The summed E-state index contributed by atoms with van der Waals surface area (Å²) in [6.07, 6.45) is 4.11. The smallest absolute Gasteiger partial charge is 0.0346 e. The van der Waals surface area contributed by atoms with Crippen molar-refractivity contribution >= 4 is 0 Å². The number of likely N-dealkylation sites (N-methyl/N-ethyl adjacent to an activating group) is 1. The average Bonchev–Trinajstić information content (AvgIpc) is 2.84. The second-order valence-electron chi connectivity index (χ2n) is 5.59. The summed E-state index contributed by atoms with van der Waals surface area (Å²) in [5, 5.41) is 0. The maximum atomic E-state index is 5.87. The van der Waals surface area contributed by atoms with Gasteiger partial charge in [0.1, 0.15) is 0 Å². The number of hydrogen-bond donors (Lipinski definition) is 1. The fourth-order valence-corrected chi connectivity index (χ4v) is 3.07. The fraction of sp³-hybridized carbons (Fsp3) is 1.00. The van der Waals surface area contributed by atoms with Crippen molar-refractivity contribution in [2.24, 2.45) is 5.73 Å². The van der Waals surface area contributed by atoms with Gasteiger partial charge in [-0.2, -0.15) is 0 Å². The minimum absolute atomic E-state index is 0.576. The summed E-state index contributed by atoms with van der Waals surface area (Å²) in [4.78, 5) is 7.60. The van der Waals surface area contributed by atoms with Crippen LogP contribution in [0.1, 0.15) is 19.3 Å². The van der Waals surface area contributed by atoms with E-state index in [1.54, 1.807) is 0 Å². The molecule has 0 amide bonds. The van der Waals surface area contributed by atoms with Crippen LogP contribution in [0.15, 0.2) is 0 Å². The minimum Gasteiger partial charge on any atom is -0.329 e. The Hall–Kier alpha value is -0.160. The van der Waals surface area contributed by atoms with Crippen LogP contribution in [0.3, 0.4) is 0 Å². The van der Waals surface area contributed by atoms with Gasteiger partial charge in [-0.1, -0.05) is 0 Å². The van der Waals surface area contributed by atoms with Crippen LogP contribution in [-0.4, -0.2) is 80.1 Å². The van der Waals surface area contributed by atoms with Gasteiger partial charge in [-0.15, -0.1) is 0 Å². The maximum Gasteiger partial charge on any atom is 0.0346 e. The Bertz CT molecular complexity index is 215. The van der Waals surface area contributed by atoms with Crippen LogP contribution in [-0.2, 0) is 0 Å². The third kappa shape index (κ3) is 3.91. The maximum absolute atomic E-state index is 5.87. The third-order valence-electron chi connectivity index (χ3n) is 4.20. The normalized spacial score (nSPS) is 28.9. The molecule has 100 valence electrons. The van der Waals surface area contributed by atoms with Gasteiger partial charge in [0.05, 0.1) is 0 Å². The summed E-state index contributed by atoms with van der Waals surface area (Å²) < 4.78 is 0. The molecule has 0 aromatic heterocycles. The monoisotopic (exact) mass is 240 g/mol. The van der Waals surface area contributed by atoms with E-state index in [1.807, 2.05) is 0 Å². The summed E-state index contributed by atoms with van der Waals surface area (Å²) >= 11 is 0. The van der Waals surface area contributed by atoms with Crippen molar-refractivity contribution in [1.29, 1.82) is 0 Å². The number of piperazine rings is 1. The van der Waals surface area contributed by atoms with Crippen LogP contribution in [0.2, 0.25) is 0 Å². The molecule has 2 N–H and O–H groups in total. The second-order valence-corrected chi connectivity index (χ2v) is 5.59. The standard InChI is InChI=1S/C13H28N4/c1-15-9-10-17(13(11-14)12-15)8-4-7-16-5-2-3-6-16/h13H,2-12,14H2,1H3. The number of nitrogens with zero attached hydrogens (tertiary/aromatic N) is 3. The van der Waals surface area contributed by atoms with E-state index in [0.717, 1.165) is 13.1 Å². The van der Waals surface area contributed by atoms with Gasteiger partial charge in [0.2, 0.25) is 0 Å². The van der Waals surface area contributed by atoms with Crippen LogP contribution in [0.4, 0.5) is 0 Å². The first-order chi connectivity index (χ1) is 8.29. The van der Waals surface area contributed by atoms with Crippen molar-refractivity contribution in [3.05, 3.63) is 0 Å². The van der Waals surface area contributed by atoms with Crippen molar-refractivity contribution in [3.63, 3.8) is 0 Å². The van der Waals surface area contributed by atoms with E-state index in [0.29, 0.717) is 6.04 Å². The zero-order valence-corrected chi connectivity index (χ0v) is 11.3. The molecule has 2 aliphatic rings. The quantitative estimate of drug-likeness (QED) is 0.736. The molecule has 0 radical (unpaired) electrons. The summed E-state index contributed by atoms with van der Waals surface area (Å²) in [7, 11) is 2.20. The van der Waals surface area contributed by atoms with Crippen LogP contribution < -0.4 is 5.73 Å². The molecular formula is C13H28N4. The molecule has 0 bridgehead atoms. The van der Waals surface area contributed by atoms with E-state index in [-0.39, 0.29) is 0 Å². The summed E-state index contributed by atoms with van der Waals surface area (Å²) in [5.41, 5.74) is 5.87. The van der Waals surface area contributed by atoms with Crippen molar-refractivity contribution in [3.8, 4) is 0 Å². The van der Waals surface area contributed by atoms with E-state index >= 15 is 0 Å². The average molecular weight is 240 g/mol. The Kier molecular flexibility index (Phi) is 5.22. The first-order valence-corrected chi connectivity index (χ1v) is 7.14. The molecule has 0 spiro atoms. The molecule has 2 saturated heterocycles. The molecule has 1 atom stereocenters. The molecule has 0 aliphatic carbocycles. The van der Waals surface area contributed by atoms with E-state index < -0.39 is 0 Å². The van der Waals surface area contributed by atoms with Gasteiger partial charge < -0.3 is 15.5 Å². The van der Waals surface area contributed by atoms with E-state index in [1.165, 1.54) is 58.5 Å². The van der Waals surface area contributed by atoms with Crippen LogP contribution >= 0.6 is 0 Å². The first kappa shape index (κ1) is 13.3. The SMILES string of the molecule is CN1CCN(CCCN2CCCC2)C(CN)C1. The van der Waals surface area contributed by atoms with Gasteiger partial charge in [0, 0.05) is 32.2 Å². The predicted molar refractivity (Wildman–Crippen MR) is 72.2 cm³/mol. The largest absolute Gasteiger partial charge is 0.329 e. The summed E-state index contributed by atoms with van der Waals surface area (Å²) in [6.45, 7) is 9.48. The van der Waals surface area contributed by atoms with Crippen molar-refractivity contribution < 1.29 is 0 Å². The van der Waals surface area contributed by atoms with Gasteiger partial charge in [0.25, 0.3) is 0 Å². The Morgan fingerprint density at radius 1 is 1.06 bits per heavy atom. The van der Waals surface area contributed by atoms with E-state index in [2.05, 4.69) is 21.7 Å². The zero-order chi connectivity index (χ0) is 12.1. The molecule has 4 heteroatoms. The van der Waals surface area contributed by atoms with E-state index in [9.17, 15) is 0 Å². The zero-order valence-electron chi connectivity index (χ0n) is 11.3. The third-order valence-corrected chi connectivity index (χ3v) is 4.20. The van der Waals surface area contributed by atoms with Gasteiger partial charge >= 0.3 is 0 Å². The number of likely N-dealkylation sites (tertiary alicyclic amines) is 1. The lowest BCUT2D eigenvalue weighted by atomic mass is 10.1. The molecule has 1 unspecified atom stereocenters. The highest BCUT2D eigenvalue weighted by molar-refractivity contribution is 4.81. The molecule has 2 rings (SSSR count). The van der Waals surface area contributed by atoms with Crippen molar-refractivity contribution in [2.75, 3.05) is 59.4 Å². The van der Waals surface area contributed by atoms with E-state index in [4.69, 9.17) is 5.73 Å². The lowest BCUT2D eigenvalue weighted by Crippen LogP contribution is -2.55. The van der Waals surface area contributed by atoms with Crippen LogP contribution in [0, 0.1) is 0 Å². The molecule has 2 aliphatic heterocycles. The lowest BCUT2D eigenvalue weighted by molar-refractivity contribution is 0.0906. The molecule has 17 heavy (non-hydrogen) atoms. The summed E-state index contributed by atoms with van der Waals surface area (Å²) in [6, 6.07) is 0.576. The molecular weight excluding hydrogens is 212 g/mol. The van der Waals surface area contributed by atoms with Gasteiger partial charge in [-0.3, -0.25) is 4.90 Å². The lowest BCUT2D eigenvalue weighted by Gasteiger charge is -2.39. The molecule has 0 aromatic carbocycles. The van der Waals surface area contributed by atoms with Crippen LogP contribution in [0.25, 0.3) is 0 Å². The first-order valence-electron chi connectivity index (χ1n) is 7.14. The van der Waals surface area contributed by atoms with Gasteiger partial charge in [-0.05, 0) is 52.5 Å². The minimum atomic E-state index is 0.576. The van der Waals surface area contributed by atoms with Crippen molar-refractivity contribution in [1.82, 2.24) is 14.7 Å². The topological polar surface area (TPSA) is 35.7 Å². The molecule has 2 heterocycles. The van der Waals surface area contributed by atoms with Gasteiger partial charge in [0.15, 0.2) is 0 Å². The molecule has 2 fully saturated rings. The fourth-order valence-electron chi connectivity index (χ4n) is 3.07. The highest BCUT2D eigenvalue weighted by Gasteiger charge is 2.23. The predicted octanol–water partition coefficient (Wildman–Crippen LogP) is 0.0470. The van der Waals surface area contributed by atoms with Crippen molar-refractivity contribution in [2.45, 2.75) is 25.3 Å². The number of hydrogen-bond acceptors (Lipinski definition) is 4. The number of nitrogens with two attached hydrogens (primary N) is 1. The summed E-state index contributed by atoms with van der Waals surface area (Å²) in [5.74, 6) is 0. The number of rotatable bonds is 5. The van der Waals surface area contributed by atoms with Gasteiger partial charge in [-0.25, -0.2) is 0 Å². The molecule has 0 saturated carbocycles. The second kappa shape index (κ2) is 6.69. The molecule has 4 nitrogen and oxygen atoms in total. The Morgan fingerprint density at radius 2 is 1.82 bits per heavy atom. The Morgan fingerprint density at radius 3 is 2.53 bits per heavy atom. The highest BCUT2D eigenvalue weighted by atomic mass is 15.3. The van der Waals surface area contributed by atoms with Crippen LogP contribution in [0.5, 0.6) is 0 Å². The Balaban J connectivity index is 1.66. The molecule has 0 aromatic rings.